The van der Waals surface area contributed by atoms with E-state index in [1.807, 2.05) is 41.3 Å². The van der Waals surface area contributed by atoms with Crippen LogP contribution in [-0.2, 0) is 16.1 Å². The molecule has 2 atom stereocenters. The predicted octanol–water partition coefficient (Wildman–Crippen LogP) is 5.55. The van der Waals surface area contributed by atoms with E-state index in [9.17, 15) is 4.79 Å². The summed E-state index contributed by atoms with van der Waals surface area (Å²) in [6, 6.07) is 28.7. The number of hydrogen-bond donors (Lipinski definition) is 0. The number of morpholine rings is 1. The average Bonchev–Trinajstić information content (AvgIpc) is 2.83. The molecular formula is C27H25NO3. The lowest BCUT2D eigenvalue weighted by Gasteiger charge is -2.43. The molecule has 0 N–H and O–H groups in total. The lowest BCUT2D eigenvalue weighted by atomic mass is 9.89. The Kier molecular flexibility index (Phi) is 5.55. The molecule has 0 aliphatic carbocycles. The summed E-state index contributed by atoms with van der Waals surface area (Å²) in [5, 5.41) is 0. The van der Waals surface area contributed by atoms with Crippen LogP contribution in [0.4, 0.5) is 4.79 Å². The van der Waals surface area contributed by atoms with Crippen molar-refractivity contribution in [3.05, 3.63) is 102 Å². The first-order valence-corrected chi connectivity index (χ1v) is 10.7. The van der Waals surface area contributed by atoms with Crippen molar-refractivity contribution in [2.24, 2.45) is 0 Å². The van der Waals surface area contributed by atoms with Gasteiger partial charge in [0.05, 0.1) is 25.3 Å². The molecule has 3 aromatic rings. The molecule has 2 unspecified atom stereocenters. The average molecular weight is 412 g/mol. The fourth-order valence-electron chi connectivity index (χ4n) is 4.40. The summed E-state index contributed by atoms with van der Waals surface area (Å²) in [7, 11) is 0. The highest BCUT2D eigenvalue weighted by Gasteiger charge is 2.39. The Morgan fingerprint density at radius 1 is 0.839 bits per heavy atom. The second-order valence-corrected chi connectivity index (χ2v) is 8.05. The van der Waals surface area contributed by atoms with Gasteiger partial charge in [0.1, 0.15) is 6.61 Å². The van der Waals surface area contributed by atoms with Crippen molar-refractivity contribution in [1.29, 1.82) is 0 Å². The first-order chi connectivity index (χ1) is 15.3. The molecule has 0 aromatic heterocycles. The van der Waals surface area contributed by atoms with Crippen LogP contribution < -0.4 is 0 Å². The third-order valence-corrected chi connectivity index (χ3v) is 5.98. The summed E-state index contributed by atoms with van der Waals surface area (Å²) in [6.07, 6.45) is 2.66. The van der Waals surface area contributed by atoms with Crippen molar-refractivity contribution >= 4 is 11.7 Å². The molecule has 2 aliphatic heterocycles. The quantitative estimate of drug-likeness (QED) is 0.565. The monoisotopic (exact) mass is 411 g/mol. The third-order valence-electron chi connectivity index (χ3n) is 5.98. The molecule has 156 valence electrons. The zero-order chi connectivity index (χ0) is 21.0. The van der Waals surface area contributed by atoms with Gasteiger partial charge in [-0.15, -0.1) is 0 Å². The minimum Gasteiger partial charge on any atom is -0.445 e. The second-order valence-electron chi connectivity index (χ2n) is 8.05. The molecule has 1 fully saturated rings. The largest absolute Gasteiger partial charge is 0.445 e. The van der Waals surface area contributed by atoms with Crippen LogP contribution in [0.2, 0.25) is 0 Å². The number of nitrogens with zero attached hydrogens (tertiary/aromatic N) is 1. The van der Waals surface area contributed by atoms with Crippen LogP contribution in [-0.4, -0.2) is 36.3 Å². The zero-order valence-electron chi connectivity index (χ0n) is 17.3. The fraction of sp³-hybridized carbons (Fsp3) is 0.222. The Morgan fingerprint density at radius 2 is 1.48 bits per heavy atom. The molecule has 1 saturated heterocycles. The first kappa shape index (κ1) is 19.6. The van der Waals surface area contributed by atoms with Crippen LogP contribution in [0.1, 0.15) is 17.5 Å². The van der Waals surface area contributed by atoms with Crippen LogP contribution >= 0.6 is 0 Å². The summed E-state index contributed by atoms with van der Waals surface area (Å²) in [5.41, 5.74) is 5.88. The van der Waals surface area contributed by atoms with E-state index in [0.29, 0.717) is 13.2 Å². The SMILES string of the molecule is O=C(OCc1ccccc1)N1C2C=C(c3ccc(-c4ccccc4)cc3)CC1COC2. The summed E-state index contributed by atoms with van der Waals surface area (Å²) in [6.45, 7) is 1.33. The number of amides is 1. The molecule has 4 heteroatoms. The Hall–Kier alpha value is -3.37. The molecular weight excluding hydrogens is 386 g/mol. The lowest BCUT2D eigenvalue weighted by Crippen LogP contribution is -2.56. The first-order valence-electron chi connectivity index (χ1n) is 10.7. The summed E-state index contributed by atoms with van der Waals surface area (Å²) in [5.74, 6) is 0. The van der Waals surface area contributed by atoms with Crippen molar-refractivity contribution in [2.45, 2.75) is 25.1 Å². The van der Waals surface area contributed by atoms with Crippen LogP contribution in [0.5, 0.6) is 0 Å². The number of carbonyl (C=O) groups is 1. The molecule has 3 aromatic carbocycles. The van der Waals surface area contributed by atoms with Gasteiger partial charge in [0, 0.05) is 0 Å². The van der Waals surface area contributed by atoms with E-state index in [-0.39, 0.29) is 24.8 Å². The van der Waals surface area contributed by atoms with Crippen molar-refractivity contribution < 1.29 is 14.3 Å². The van der Waals surface area contributed by atoms with Gasteiger partial charge < -0.3 is 9.47 Å². The maximum Gasteiger partial charge on any atom is 0.411 e. The van der Waals surface area contributed by atoms with Gasteiger partial charge in [0.25, 0.3) is 0 Å². The second kappa shape index (κ2) is 8.78. The van der Waals surface area contributed by atoms with Crippen LogP contribution in [0.3, 0.4) is 0 Å². The minimum absolute atomic E-state index is 0.00387. The summed E-state index contributed by atoms with van der Waals surface area (Å²) >= 11 is 0. The normalized spacial score (nSPS) is 20.1. The minimum atomic E-state index is -0.267. The van der Waals surface area contributed by atoms with Gasteiger partial charge in [-0.25, -0.2) is 4.79 Å². The molecule has 0 radical (unpaired) electrons. The molecule has 0 saturated carbocycles. The van der Waals surface area contributed by atoms with E-state index >= 15 is 0 Å². The van der Waals surface area contributed by atoms with Gasteiger partial charge in [-0.1, -0.05) is 91.0 Å². The summed E-state index contributed by atoms with van der Waals surface area (Å²) < 4.78 is 11.4. The smallest absolute Gasteiger partial charge is 0.411 e. The van der Waals surface area contributed by atoms with Gasteiger partial charge in [-0.2, -0.15) is 0 Å². The molecule has 5 rings (SSSR count). The number of hydrogen-bond acceptors (Lipinski definition) is 3. The topological polar surface area (TPSA) is 38.8 Å². The van der Waals surface area contributed by atoms with E-state index in [4.69, 9.17) is 9.47 Å². The highest BCUT2D eigenvalue weighted by molar-refractivity contribution is 5.76. The third kappa shape index (κ3) is 4.25. The van der Waals surface area contributed by atoms with Gasteiger partial charge in [0.15, 0.2) is 0 Å². The Balaban J connectivity index is 1.31. The van der Waals surface area contributed by atoms with Crippen molar-refractivity contribution in [1.82, 2.24) is 4.90 Å². The molecule has 4 nitrogen and oxygen atoms in total. The molecule has 2 aliphatic rings. The molecule has 31 heavy (non-hydrogen) atoms. The van der Waals surface area contributed by atoms with E-state index in [1.54, 1.807) is 0 Å². The van der Waals surface area contributed by atoms with Gasteiger partial charge in [-0.05, 0) is 34.2 Å². The molecule has 2 bridgehead atoms. The van der Waals surface area contributed by atoms with Crippen molar-refractivity contribution in [2.75, 3.05) is 13.2 Å². The van der Waals surface area contributed by atoms with Crippen molar-refractivity contribution in [3.8, 4) is 11.1 Å². The van der Waals surface area contributed by atoms with Gasteiger partial charge >= 0.3 is 6.09 Å². The Bertz CT molecular complexity index is 1060. The predicted molar refractivity (Wildman–Crippen MR) is 121 cm³/mol. The van der Waals surface area contributed by atoms with E-state index < -0.39 is 0 Å². The lowest BCUT2D eigenvalue weighted by molar-refractivity contribution is -0.0342. The highest BCUT2D eigenvalue weighted by Crippen LogP contribution is 2.34. The van der Waals surface area contributed by atoms with Gasteiger partial charge in [0.2, 0.25) is 0 Å². The van der Waals surface area contributed by atoms with Crippen LogP contribution in [0.25, 0.3) is 16.7 Å². The number of fused-ring (bicyclic) bond motifs is 2. The van der Waals surface area contributed by atoms with Crippen molar-refractivity contribution in [3.63, 3.8) is 0 Å². The Morgan fingerprint density at radius 3 is 2.19 bits per heavy atom. The standard InChI is InChI=1S/C27H25NO3/c29-27(31-17-20-7-3-1-4-8-20)28-25-15-24(16-26(28)19-30-18-25)23-13-11-22(12-14-23)21-9-5-2-6-10-21/h1-15,25-26H,16-19H2. The van der Waals surface area contributed by atoms with E-state index in [1.165, 1.54) is 22.3 Å². The number of ether oxygens (including phenoxy) is 2. The number of benzene rings is 3. The molecule has 2 heterocycles. The fourth-order valence-corrected chi connectivity index (χ4v) is 4.40. The van der Waals surface area contributed by atoms with E-state index in [0.717, 1.165) is 12.0 Å². The summed E-state index contributed by atoms with van der Waals surface area (Å²) in [4.78, 5) is 14.7. The molecule has 1 amide bonds. The maximum absolute atomic E-state index is 12.8. The van der Waals surface area contributed by atoms with Gasteiger partial charge in [-0.3, -0.25) is 4.90 Å². The van der Waals surface area contributed by atoms with Crippen LogP contribution in [0.15, 0.2) is 91.0 Å². The van der Waals surface area contributed by atoms with Crippen LogP contribution in [0, 0.1) is 0 Å². The maximum atomic E-state index is 12.8. The number of carbonyl (C=O) groups excluding carboxylic acids is 1. The highest BCUT2D eigenvalue weighted by atomic mass is 16.6. The zero-order valence-corrected chi connectivity index (χ0v) is 17.3. The molecule has 0 spiro atoms. The van der Waals surface area contributed by atoms with E-state index in [2.05, 4.69) is 54.6 Å². The Labute approximate surface area is 182 Å². The number of rotatable bonds is 4.